The summed E-state index contributed by atoms with van der Waals surface area (Å²) in [6.45, 7) is 3.84. The maximum absolute atomic E-state index is 13.1. The van der Waals surface area contributed by atoms with Crippen LogP contribution in [0.4, 0.5) is 10.1 Å². The molecule has 0 saturated heterocycles. The fourth-order valence-electron chi connectivity index (χ4n) is 2.35. The molecule has 0 unspecified atom stereocenters. The smallest absolute Gasteiger partial charge is 0.241 e. The van der Waals surface area contributed by atoms with E-state index in [-0.39, 0.29) is 17.0 Å². The van der Waals surface area contributed by atoms with E-state index in [9.17, 15) is 9.18 Å². The van der Waals surface area contributed by atoms with Crippen LogP contribution in [0.1, 0.15) is 31.9 Å². The predicted octanol–water partition coefficient (Wildman–Crippen LogP) is 5.31. The number of hydrogen-bond acceptors (Lipinski definition) is 2. The summed E-state index contributed by atoms with van der Waals surface area (Å²) in [5.74, 6) is -0.662. The first-order chi connectivity index (χ1) is 11.4. The van der Waals surface area contributed by atoms with E-state index in [4.69, 9.17) is 11.6 Å². The molecule has 0 heterocycles. The van der Waals surface area contributed by atoms with Gasteiger partial charge < -0.3 is 5.32 Å². The standard InChI is InChI=1S/C18H19BrClFN2O/c1-3-16(12-4-6-13(19)7-5-12)22-11(2)18(24)23-17-9-8-14(21)10-15(17)20/h4-11,16,22H,3H2,1-2H3,(H,23,24)/t11-,16-/m1/s1. The van der Waals surface area contributed by atoms with Crippen molar-refractivity contribution in [1.82, 2.24) is 5.32 Å². The van der Waals surface area contributed by atoms with Gasteiger partial charge in [-0.25, -0.2) is 4.39 Å². The first kappa shape index (κ1) is 18.9. The van der Waals surface area contributed by atoms with Gasteiger partial charge in [-0.2, -0.15) is 0 Å². The van der Waals surface area contributed by atoms with Crippen LogP contribution in [0.15, 0.2) is 46.9 Å². The number of nitrogens with one attached hydrogen (secondary N) is 2. The molecule has 128 valence electrons. The van der Waals surface area contributed by atoms with E-state index >= 15 is 0 Å². The van der Waals surface area contributed by atoms with Gasteiger partial charge in [-0.3, -0.25) is 10.1 Å². The summed E-state index contributed by atoms with van der Waals surface area (Å²) in [5.41, 5.74) is 1.51. The number of benzene rings is 2. The number of amides is 1. The van der Waals surface area contributed by atoms with Crippen molar-refractivity contribution >= 4 is 39.1 Å². The lowest BCUT2D eigenvalue weighted by Gasteiger charge is -2.22. The van der Waals surface area contributed by atoms with Gasteiger partial charge in [-0.1, -0.05) is 46.6 Å². The van der Waals surface area contributed by atoms with Crippen LogP contribution in [0.5, 0.6) is 0 Å². The van der Waals surface area contributed by atoms with Crippen molar-refractivity contribution < 1.29 is 9.18 Å². The van der Waals surface area contributed by atoms with E-state index in [0.29, 0.717) is 5.69 Å². The molecule has 0 aliphatic rings. The Balaban J connectivity index is 2.02. The van der Waals surface area contributed by atoms with Crippen molar-refractivity contribution in [2.45, 2.75) is 32.4 Å². The molecule has 0 saturated carbocycles. The third-order valence-electron chi connectivity index (χ3n) is 3.71. The van der Waals surface area contributed by atoms with Crippen LogP contribution >= 0.6 is 27.5 Å². The Hall–Kier alpha value is -1.43. The Morgan fingerprint density at radius 1 is 1.25 bits per heavy atom. The third kappa shape index (κ3) is 5.03. The van der Waals surface area contributed by atoms with Gasteiger partial charge in [0, 0.05) is 10.5 Å². The molecule has 0 fully saturated rings. The molecule has 0 aliphatic heterocycles. The van der Waals surface area contributed by atoms with Crippen LogP contribution in [-0.2, 0) is 4.79 Å². The van der Waals surface area contributed by atoms with E-state index in [1.807, 2.05) is 24.3 Å². The number of carbonyl (C=O) groups is 1. The van der Waals surface area contributed by atoms with E-state index in [0.717, 1.165) is 16.5 Å². The number of carbonyl (C=O) groups excluding carboxylic acids is 1. The summed E-state index contributed by atoms with van der Waals surface area (Å²) in [5, 5.41) is 6.20. The first-order valence-corrected chi connectivity index (χ1v) is 8.85. The van der Waals surface area contributed by atoms with Crippen LogP contribution in [0.25, 0.3) is 0 Å². The molecular formula is C18H19BrClFN2O. The number of halogens is 3. The zero-order chi connectivity index (χ0) is 17.7. The van der Waals surface area contributed by atoms with Gasteiger partial charge in [0.1, 0.15) is 5.82 Å². The van der Waals surface area contributed by atoms with Crippen molar-refractivity contribution in [3.05, 3.63) is 63.3 Å². The van der Waals surface area contributed by atoms with Crippen LogP contribution in [0, 0.1) is 5.82 Å². The van der Waals surface area contributed by atoms with Gasteiger partial charge in [-0.15, -0.1) is 0 Å². The molecule has 0 aromatic heterocycles. The molecule has 3 nitrogen and oxygen atoms in total. The topological polar surface area (TPSA) is 41.1 Å². The Bertz CT molecular complexity index is 709. The molecule has 1 amide bonds. The lowest BCUT2D eigenvalue weighted by atomic mass is 10.0. The fraction of sp³-hybridized carbons (Fsp3) is 0.278. The summed E-state index contributed by atoms with van der Waals surface area (Å²) in [6.07, 6.45) is 0.844. The average Bonchev–Trinajstić information content (AvgIpc) is 2.55. The Labute approximate surface area is 154 Å². The number of rotatable bonds is 6. The summed E-state index contributed by atoms with van der Waals surface area (Å²) >= 11 is 9.36. The minimum absolute atomic E-state index is 0.0579. The molecule has 0 bridgehead atoms. The van der Waals surface area contributed by atoms with Crippen LogP contribution in [0.2, 0.25) is 5.02 Å². The minimum atomic E-state index is -0.439. The normalized spacial score (nSPS) is 13.4. The second kappa shape index (κ2) is 8.60. The molecule has 0 aliphatic carbocycles. The van der Waals surface area contributed by atoms with E-state index in [1.165, 1.54) is 18.2 Å². The van der Waals surface area contributed by atoms with Crippen molar-refractivity contribution in [3.63, 3.8) is 0 Å². The van der Waals surface area contributed by atoms with Crippen LogP contribution in [0.3, 0.4) is 0 Å². The largest absolute Gasteiger partial charge is 0.323 e. The molecule has 0 radical (unpaired) electrons. The summed E-state index contributed by atoms with van der Waals surface area (Å²) in [6, 6.07) is 11.5. The highest BCUT2D eigenvalue weighted by Crippen LogP contribution is 2.23. The molecular weight excluding hydrogens is 395 g/mol. The lowest BCUT2D eigenvalue weighted by Crippen LogP contribution is -2.40. The summed E-state index contributed by atoms with van der Waals surface area (Å²) in [4.78, 5) is 12.4. The van der Waals surface area contributed by atoms with Crippen molar-refractivity contribution in [2.75, 3.05) is 5.32 Å². The van der Waals surface area contributed by atoms with Gasteiger partial charge >= 0.3 is 0 Å². The maximum atomic E-state index is 13.1. The fourth-order valence-corrected chi connectivity index (χ4v) is 2.83. The van der Waals surface area contributed by atoms with E-state index < -0.39 is 11.9 Å². The van der Waals surface area contributed by atoms with Crippen molar-refractivity contribution in [3.8, 4) is 0 Å². The number of hydrogen-bond donors (Lipinski definition) is 2. The van der Waals surface area contributed by atoms with Crippen molar-refractivity contribution in [1.29, 1.82) is 0 Å². The van der Waals surface area contributed by atoms with Gasteiger partial charge in [0.2, 0.25) is 5.91 Å². The summed E-state index contributed by atoms with van der Waals surface area (Å²) < 4.78 is 14.1. The van der Waals surface area contributed by atoms with Crippen LogP contribution in [-0.4, -0.2) is 11.9 Å². The molecule has 2 N–H and O–H groups in total. The highest BCUT2D eigenvalue weighted by atomic mass is 79.9. The van der Waals surface area contributed by atoms with Crippen molar-refractivity contribution in [2.24, 2.45) is 0 Å². The van der Waals surface area contributed by atoms with Gasteiger partial charge in [-0.05, 0) is 49.2 Å². The van der Waals surface area contributed by atoms with Gasteiger partial charge in [0.05, 0.1) is 16.8 Å². The monoisotopic (exact) mass is 412 g/mol. The molecule has 6 heteroatoms. The number of anilines is 1. The zero-order valence-corrected chi connectivity index (χ0v) is 15.8. The molecule has 2 atom stereocenters. The Kier molecular flexibility index (Phi) is 6.78. The molecule has 2 rings (SSSR count). The Morgan fingerprint density at radius 2 is 1.92 bits per heavy atom. The highest BCUT2D eigenvalue weighted by Gasteiger charge is 2.19. The Morgan fingerprint density at radius 3 is 2.50 bits per heavy atom. The second-order valence-electron chi connectivity index (χ2n) is 5.51. The molecule has 0 spiro atoms. The first-order valence-electron chi connectivity index (χ1n) is 7.68. The zero-order valence-electron chi connectivity index (χ0n) is 13.4. The predicted molar refractivity (Wildman–Crippen MR) is 99.8 cm³/mol. The SMILES string of the molecule is CC[C@@H](N[C@H](C)C(=O)Nc1ccc(F)cc1Cl)c1ccc(Br)cc1. The quantitative estimate of drug-likeness (QED) is 0.674. The maximum Gasteiger partial charge on any atom is 0.241 e. The molecule has 24 heavy (non-hydrogen) atoms. The van der Waals surface area contributed by atoms with Gasteiger partial charge in [0.25, 0.3) is 0 Å². The summed E-state index contributed by atoms with van der Waals surface area (Å²) in [7, 11) is 0. The highest BCUT2D eigenvalue weighted by molar-refractivity contribution is 9.10. The lowest BCUT2D eigenvalue weighted by molar-refractivity contribution is -0.118. The van der Waals surface area contributed by atoms with E-state index in [2.05, 4.69) is 33.5 Å². The van der Waals surface area contributed by atoms with E-state index in [1.54, 1.807) is 6.92 Å². The molecule has 2 aromatic rings. The minimum Gasteiger partial charge on any atom is -0.323 e. The van der Waals surface area contributed by atoms with Crippen LogP contribution < -0.4 is 10.6 Å². The van der Waals surface area contributed by atoms with Gasteiger partial charge in [0.15, 0.2) is 0 Å². The average molecular weight is 414 g/mol. The second-order valence-corrected chi connectivity index (χ2v) is 6.84. The molecule has 2 aromatic carbocycles. The third-order valence-corrected chi connectivity index (χ3v) is 4.56.